The summed E-state index contributed by atoms with van der Waals surface area (Å²) in [6, 6.07) is 9.46. The number of nitrogens with one attached hydrogen (secondary N) is 1. The van der Waals surface area contributed by atoms with Gasteiger partial charge in [-0.05, 0) is 51.1 Å². The number of allylic oxidation sites excluding steroid dienone is 1. The van der Waals surface area contributed by atoms with Gasteiger partial charge >= 0.3 is 0 Å². The first-order chi connectivity index (χ1) is 8.76. The Morgan fingerprint density at radius 2 is 2.22 bits per heavy atom. The monoisotopic (exact) mass is 245 g/mol. The van der Waals surface area contributed by atoms with Crippen LogP contribution in [-0.4, -0.2) is 12.6 Å². The van der Waals surface area contributed by atoms with Gasteiger partial charge in [-0.25, -0.2) is 0 Å². The van der Waals surface area contributed by atoms with Crippen LogP contribution in [0.15, 0.2) is 36.9 Å². The lowest BCUT2D eigenvalue weighted by Gasteiger charge is -2.18. The summed E-state index contributed by atoms with van der Waals surface area (Å²) in [5, 5.41) is 3.66. The van der Waals surface area contributed by atoms with Crippen LogP contribution in [0.1, 0.15) is 43.7 Å². The molecule has 1 rings (SSSR count). The molecule has 0 saturated carbocycles. The van der Waals surface area contributed by atoms with Gasteiger partial charge in [0.15, 0.2) is 0 Å². The molecule has 0 aromatic heterocycles. The van der Waals surface area contributed by atoms with Gasteiger partial charge in [-0.2, -0.15) is 0 Å². The molecule has 1 nitrogen and oxygen atoms in total. The molecule has 1 unspecified atom stereocenters. The van der Waals surface area contributed by atoms with Gasteiger partial charge in [-0.15, -0.1) is 6.58 Å². The highest BCUT2D eigenvalue weighted by molar-refractivity contribution is 5.22. The van der Waals surface area contributed by atoms with Crippen molar-refractivity contribution in [2.75, 3.05) is 6.54 Å². The smallest absolute Gasteiger partial charge is 0.0108 e. The van der Waals surface area contributed by atoms with Crippen LogP contribution in [0.5, 0.6) is 0 Å². The zero-order valence-corrected chi connectivity index (χ0v) is 11.9. The van der Waals surface area contributed by atoms with E-state index in [0.717, 1.165) is 19.4 Å². The average molecular weight is 245 g/mol. The molecule has 0 fully saturated rings. The van der Waals surface area contributed by atoms with E-state index in [1.165, 1.54) is 30.4 Å². The second-order valence-electron chi connectivity index (χ2n) is 5.06. The molecule has 0 aliphatic carbocycles. The average Bonchev–Trinajstić information content (AvgIpc) is 2.36. The van der Waals surface area contributed by atoms with Crippen LogP contribution in [0.2, 0.25) is 0 Å². The van der Waals surface area contributed by atoms with E-state index < -0.39 is 0 Å². The van der Waals surface area contributed by atoms with Crippen molar-refractivity contribution in [2.45, 2.75) is 52.0 Å². The van der Waals surface area contributed by atoms with Crippen LogP contribution in [0.4, 0.5) is 0 Å². The zero-order chi connectivity index (χ0) is 13.2. The van der Waals surface area contributed by atoms with E-state index >= 15 is 0 Å². The van der Waals surface area contributed by atoms with Crippen LogP contribution in [0, 0.1) is 6.92 Å². The highest BCUT2D eigenvalue weighted by Crippen LogP contribution is 2.11. The minimum Gasteiger partial charge on any atom is -0.314 e. The first-order valence-electron chi connectivity index (χ1n) is 7.16. The van der Waals surface area contributed by atoms with Crippen LogP contribution in [0.25, 0.3) is 0 Å². The molecule has 1 N–H and O–H groups in total. The predicted molar refractivity (Wildman–Crippen MR) is 81.0 cm³/mol. The summed E-state index contributed by atoms with van der Waals surface area (Å²) in [5.41, 5.74) is 2.80. The molecule has 18 heavy (non-hydrogen) atoms. The first-order valence-corrected chi connectivity index (χ1v) is 7.16. The number of benzene rings is 1. The molecule has 0 aliphatic heterocycles. The van der Waals surface area contributed by atoms with E-state index in [1.54, 1.807) is 0 Å². The molecule has 0 heterocycles. The third-order valence-corrected chi connectivity index (χ3v) is 3.21. The normalized spacial score (nSPS) is 12.3. The lowest BCUT2D eigenvalue weighted by atomic mass is 9.99. The van der Waals surface area contributed by atoms with Crippen LogP contribution >= 0.6 is 0 Å². The number of unbranched alkanes of at least 4 members (excludes halogenated alkanes) is 1. The summed E-state index contributed by atoms with van der Waals surface area (Å²) < 4.78 is 0. The van der Waals surface area contributed by atoms with Gasteiger partial charge in [0.2, 0.25) is 0 Å². The number of hydrogen-bond donors (Lipinski definition) is 1. The fraction of sp³-hybridized carbons (Fsp3) is 0.529. The van der Waals surface area contributed by atoms with Crippen LogP contribution < -0.4 is 5.32 Å². The van der Waals surface area contributed by atoms with E-state index in [2.05, 4.69) is 50.0 Å². The molecule has 1 aromatic rings. The first kappa shape index (κ1) is 15.0. The maximum absolute atomic E-state index is 3.79. The molecule has 0 saturated heterocycles. The third-order valence-electron chi connectivity index (χ3n) is 3.21. The van der Waals surface area contributed by atoms with Crippen molar-refractivity contribution in [3.8, 4) is 0 Å². The molecule has 1 heteroatoms. The summed E-state index contributed by atoms with van der Waals surface area (Å²) in [6.45, 7) is 9.30. The zero-order valence-electron chi connectivity index (χ0n) is 11.9. The van der Waals surface area contributed by atoms with Crippen LogP contribution in [0.3, 0.4) is 0 Å². The largest absolute Gasteiger partial charge is 0.314 e. The Balaban J connectivity index is 2.50. The second-order valence-corrected chi connectivity index (χ2v) is 5.06. The van der Waals surface area contributed by atoms with Gasteiger partial charge in [-0.3, -0.25) is 0 Å². The Hall–Kier alpha value is -1.08. The minimum absolute atomic E-state index is 0.603. The van der Waals surface area contributed by atoms with Crippen molar-refractivity contribution in [1.29, 1.82) is 0 Å². The van der Waals surface area contributed by atoms with Crippen molar-refractivity contribution in [1.82, 2.24) is 5.32 Å². The molecule has 1 atom stereocenters. The fourth-order valence-electron chi connectivity index (χ4n) is 2.26. The van der Waals surface area contributed by atoms with E-state index in [0.29, 0.717) is 6.04 Å². The highest BCUT2D eigenvalue weighted by Gasteiger charge is 2.08. The van der Waals surface area contributed by atoms with Gasteiger partial charge < -0.3 is 5.32 Å². The van der Waals surface area contributed by atoms with Crippen molar-refractivity contribution in [3.05, 3.63) is 48.0 Å². The SMILES string of the molecule is C=CCCCC(Cc1cccc(C)c1)NCCC. The van der Waals surface area contributed by atoms with Crippen molar-refractivity contribution >= 4 is 0 Å². The van der Waals surface area contributed by atoms with E-state index in [9.17, 15) is 0 Å². The van der Waals surface area contributed by atoms with E-state index in [1.807, 2.05) is 6.08 Å². The Morgan fingerprint density at radius 1 is 1.39 bits per heavy atom. The minimum atomic E-state index is 0.603. The van der Waals surface area contributed by atoms with Crippen molar-refractivity contribution < 1.29 is 0 Å². The Bertz CT molecular complexity index is 343. The predicted octanol–water partition coefficient (Wildman–Crippen LogP) is 4.26. The molecular weight excluding hydrogens is 218 g/mol. The summed E-state index contributed by atoms with van der Waals surface area (Å²) in [7, 11) is 0. The standard InChI is InChI=1S/C17H27N/c1-4-6-7-11-17(18-12-5-2)14-16-10-8-9-15(3)13-16/h4,8-10,13,17-18H,1,5-7,11-12,14H2,2-3H3. The molecule has 100 valence electrons. The van der Waals surface area contributed by atoms with Crippen LogP contribution in [-0.2, 0) is 6.42 Å². The molecule has 0 amide bonds. The van der Waals surface area contributed by atoms with Gasteiger partial charge in [0.25, 0.3) is 0 Å². The van der Waals surface area contributed by atoms with Gasteiger partial charge in [0.1, 0.15) is 0 Å². The molecule has 0 radical (unpaired) electrons. The maximum atomic E-state index is 3.79. The van der Waals surface area contributed by atoms with Crippen molar-refractivity contribution in [2.24, 2.45) is 0 Å². The van der Waals surface area contributed by atoms with Crippen molar-refractivity contribution in [3.63, 3.8) is 0 Å². The van der Waals surface area contributed by atoms with Gasteiger partial charge in [-0.1, -0.05) is 42.8 Å². The number of hydrogen-bond acceptors (Lipinski definition) is 1. The number of rotatable bonds is 9. The molecule has 0 aliphatic rings. The quantitative estimate of drug-likeness (QED) is 0.506. The summed E-state index contributed by atoms with van der Waals surface area (Å²) >= 11 is 0. The van der Waals surface area contributed by atoms with E-state index in [-0.39, 0.29) is 0 Å². The number of aryl methyl sites for hydroxylation is 1. The van der Waals surface area contributed by atoms with E-state index in [4.69, 9.17) is 0 Å². The second kappa shape index (κ2) is 8.93. The maximum Gasteiger partial charge on any atom is 0.0108 e. The Kier molecular flexibility index (Phi) is 7.43. The Morgan fingerprint density at radius 3 is 2.89 bits per heavy atom. The molecule has 1 aromatic carbocycles. The lowest BCUT2D eigenvalue weighted by Crippen LogP contribution is -2.31. The summed E-state index contributed by atoms with van der Waals surface area (Å²) in [6.07, 6.45) is 7.95. The molecule has 0 bridgehead atoms. The third kappa shape index (κ3) is 6.02. The summed E-state index contributed by atoms with van der Waals surface area (Å²) in [4.78, 5) is 0. The summed E-state index contributed by atoms with van der Waals surface area (Å²) in [5.74, 6) is 0. The lowest BCUT2D eigenvalue weighted by molar-refractivity contribution is 0.466. The fourth-order valence-corrected chi connectivity index (χ4v) is 2.26. The Labute approximate surface area is 112 Å². The topological polar surface area (TPSA) is 12.0 Å². The molecule has 0 spiro atoms. The molecular formula is C17H27N. The van der Waals surface area contributed by atoms with Gasteiger partial charge in [0, 0.05) is 6.04 Å². The highest BCUT2D eigenvalue weighted by atomic mass is 14.9. The van der Waals surface area contributed by atoms with Gasteiger partial charge in [0.05, 0.1) is 0 Å².